The van der Waals surface area contributed by atoms with E-state index < -0.39 is 5.82 Å². The number of carbonyl (C=O) groups excluding carboxylic acids is 2. The molecule has 1 aliphatic heterocycles. The first-order chi connectivity index (χ1) is 9.95. The van der Waals surface area contributed by atoms with Crippen LogP contribution in [0.1, 0.15) is 21.5 Å². The van der Waals surface area contributed by atoms with Crippen molar-refractivity contribution in [2.45, 2.75) is 6.42 Å². The third-order valence-electron chi connectivity index (χ3n) is 3.24. The standard InChI is InChI=1S/C15H8BrClFNO2/c16-10-4-7(1-2-12(10)18)15(21)9-3-8-5-14(20)19-13(8)6-11(9)17/h1-4,6H,5H2,(H,19,20). The summed E-state index contributed by atoms with van der Waals surface area (Å²) >= 11 is 9.16. The Morgan fingerprint density at radius 1 is 1.29 bits per heavy atom. The minimum Gasteiger partial charge on any atom is -0.325 e. The molecule has 2 aromatic carbocycles. The minimum absolute atomic E-state index is 0.129. The molecule has 0 unspecified atom stereocenters. The molecule has 0 aliphatic carbocycles. The summed E-state index contributed by atoms with van der Waals surface area (Å²) in [5.74, 6) is -0.889. The number of rotatable bonds is 2. The molecule has 0 radical (unpaired) electrons. The predicted molar refractivity (Wildman–Crippen MR) is 81.3 cm³/mol. The second-order valence-corrected chi connectivity index (χ2v) is 5.93. The summed E-state index contributed by atoms with van der Waals surface area (Å²) in [6.07, 6.45) is 0.222. The van der Waals surface area contributed by atoms with Crippen molar-refractivity contribution in [3.63, 3.8) is 0 Å². The summed E-state index contributed by atoms with van der Waals surface area (Å²) in [5.41, 5.74) is 1.98. The maximum Gasteiger partial charge on any atom is 0.228 e. The van der Waals surface area contributed by atoms with Crippen LogP contribution in [0.15, 0.2) is 34.8 Å². The topological polar surface area (TPSA) is 46.2 Å². The number of ketones is 1. The Bertz CT molecular complexity index is 791. The van der Waals surface area contributed by atoms with Gasteiger partial charge in [-0.25, -0.2) is 4.39 Å². The first-order valence-electron chi connectivity index (χ1n) is 6.08. The van der Waals surface area contributed by atoms with Crippen molar-refractivity contribution >= 4 is 44.9 Å². The van der Waals surface area contributed by atoms with Crippen molar-refractivity contribution in [3.05, 3.63) is 62.3 Å². The Labute approximate surface area is 133 Å². The SMILES string of the molecule is O=C1Cc2cc(C(=O)c3ccc(F)c(Br)c3)c(Cl)cc2N1. The monoisotopic (exact) mass is 367 g/mol. The molecule has 106 valence electrons. The maximum absolute atomic E-state index is 13.2. The molecule has 21 heavy (non-hydrogen) atoms. The zero-order chi connectivity index (χ0) is 15.1. The van der Waals surface area contributed by atoms with Crippen LogP contribution in [0.25, 0.3) is 0 Å². The molecule has 0 spiro atoms. The van der Waals surface area contributed by atoms with E-state index in [1.807, 2.05) is 0 Å². The lowest BCUT2D eigenvalue weighted by molar-refractivity contribution is -0.115. The fourth-order valence-electron chi connectivity index (χ4n) is 2.21. The molecule has 0 saturated heterocycles. The average Bonchev–Trinajstić information content (AvgIpc) is 2.79. The van der Waals surface area contributed by atoms with Crippen LogP contribution in [0, 0.1) is 5.82 Å². The van der Waals surface area contributed by atoms with Gasteiger partial charge in [-0.15, -0.1) is 0 Å². The van der Waals surface area contributed by atoms with Crippen molar-refractivity contribution in [2.75, 3.05) is 5.32 Å². The van der Waals surface area contributed by atoms with Gasteiger partial charge < -0.3 is 5.32 Å². The van der Waals surface area contributed by atoms with Crippen molar-refractivity contribution in [3.8, 4) is 0 Å². The summed E-state index contributed by atoms with van der Waals surface area (Å²) in [4.78, 5) is 23.8. The van der Waals surface area contributed by atoms with E-state index in [4.69, 9.17) is 11.6 Å². The van der Waals surface area contributed by atoms with Crippen LogP contribution in [0.2, 0.25) is 5.02 Å². The van der Waals surface area contributed by atoms with Gasteiger partial charge in [-0.05, 0) is 51.8 Å². The lowest BCUT2D eigenvalue weighted by atomic mass is 10.00. The van der Waals surface area contributed by atoms with Gasteiger partial charge in [0, 0.05) is 16.8 Å². The van der Waals surface area contributed by atoms with Crippen LogP contribution in [-0.2, 0) is 11.2 Å². The molecular weight excluding hydrogens is 361 g/mol. The zero-order valence-electron chi connectivity index (χ0n) is 10.5. The highest BCUT2D eigenvalue weighted by atomic mass is 79.9. The van der Waals surface area contributed by atoms with Gasteiger partial charge in [-0.2, -0.15) is 0 Å². The highest BCUT2D eigenvalue weighted by Gasteiger charge is 2.22. The second-order valence-electron chi connectivity index (χ2n) is 4.67. The highest BCUT2D eigenvalue weighted by Crippen LogP contribution is 2.31. The average molecular weight is 369 g/mol. The van der Waals surface area contributed by atoms with Crippen molar-refractivity contribution in [1.82, 2.24) is 0 Å². The quantitative estimate of drug-likeness (QED) is 0.815. The number of benzene rings is 2. The van der Waals surface area contributed by atoms with Gasteiger partial charge in [0.1, 0.15) is 5.82 Å². The van der Waals surface area contributed by atoms with E-state index in [-0.39, 0.29) is 27.6 Å². The number of anilines is 1. The predicted octanol–water partition coefficient (Wildman–Crippen LogP) is 3.97. The molecule has 0 bridgehead atoms. The van der Waals surface area contributed by atoms with Crippen LogP contribution in [0.3, 0.4) is 0 Å². The minimum atomic E-state index is -0.443. The number of nitrogens with one attached hydrogen (secondary N) is 1. The fraction of sp³-hybridized carbons (Fsp3) is 0.0667. The molecule has 2 aromatic rings. The number of hydrogen-bond acceptors (Lipinski definition) is 2. The summed E-state index contributed by atoms with van der Waals surface area (Å²) in [6, 6.07) is 7.19. The first kappa shape index (κ1) is 14.2. The van der Waals surface area contributed by atoms with E-state index in [0.29, 0.717) is 16.8 Å². The van der Waals surface area contributed by atoms with Gasteiger partial charge in [0.2, 0.25) is 5.91 Å². The molecule has 0 fully saturated rings. The summed E-state index contributed by atoms with van der Waals surface area (Å²) in [7, 11) is 0. The number of hydrogen-bond donors (Lipinski definition) is 1. The van der Waals surface area contributed by atoms with Crippen molar-refractivity contribution < 1.29 is 14.0 Å². The lowest BCUT2D eigenvalue weighted by Crippen LogP contribution is -2.03. The molecule has 1 heterocycles. The zero-order valence-corrected chi connectivity index (χ0v) is 12.9. The van der Waals surface area contributed by atoms with Crippen LogP contribution in [0.5, 0.6) is 0 Å². The fourth-order valence-corrected chi connectivity index (χ4v) is 2.84. The van der Waals surface area contributed by atoms with Gasteiger partial charge in [0.15, 0.2) is 5.78 Å². The van der Waals surface area contributed by atoms with Gasteiger partial charge in [-0.1, -0.05) is 11.6 Å². The van der Waals surface area contributed by atoms with E-state index in [9.17, 15) is 14.0 Å². The Morgan fingerprint density at radius 2 is 2.05 bits per heavy atom. The Morgan fingerprint density at radius 3 is 2.76 bits per heavy atom. The van der Waals surface area contributed by atoms with Crippen molar-refractivity contribution in [2.24, 2.45) is 0 Å². The summed E-state index contributed by atoms with van der Waals surface area (Å²) < 4.78 is 13.4. The molecule has 3 nitrogen and oxygen atoms in total. The van der Waals surface area contributed by atoms with Crippen LogP contribution in [0.4, 0.5) is 10.1 Å². The smallest absolute Gasteiger partial charge is 0.228 e. The molecule has 1 amide bonds. The van der Waals surface area contributed by atoms with Gasteiger partial charge in [0.25, 0.3) is 0 Å². The van der Waals surface area contributed by atoms with Gasteiger partial charge >= 0.3 is 0 Å². The highest BCUT2D eigenvalue weighted by molar-refractivity contribution is 9.10. The Balaban J connectivity index is 2.04. The molecule has 3 rings (SSSR count). The van der Waals surface area contributed by atoms with Crippen LogP contribution < -0.4 is 5.32 Å². The maximum atomic E-state index is 13.2. The largest absolute Gasteiger partial charge is 0.325 e. The number of fused-ring (bicyclic) bond motifs is 1. The first-order valence-corrected chi connectivity index (χ1v) is 7.25. The van der Waals surface area contributed by atoms with Crippen LogP contribution >= 0.6 is 27.5 Å². The van der Waals surface area contributed by atoms with E-state index in [2.05, 4.69) is 21.2 Å². The molecule has 0 aromatic heterocycles. The second kappa shape index (κ2) is 5.24. The summed E-state index contributed by atoms with van der Waals surface area (Å²) in [5, 5.41) is 2.92. The van der Waals surface area contributed by atoms with Gasteiger partial charge in [-0.3, -0.25) is 9.59 Å². The number of halogens is 3. The van der Waals surface area contributed by atoms with Crippen molar-refractivity contribution in [1.29, 1.82) is 0 Å². The molecular formula is C15H8BrClFNO2. The molecule has 1 N–H and O–H groups in total. The van der Waals surface area contributed by atoms with Gasteiger partial charge in [0.05, 0.1) is 15.9 Å². The molecule has 1 aliphatic rings. The summed E-state index contributed by atoms with van der Waals surface area (Å²) in [6.45, 7) is 0. The third kappa shape index (κ3) is 2.59. The number of carbonyl (C=O) groups is 2. The lowest BCUT2D eigenvalue weighted by Gasteiger charge is -2.07. The Hall–Kier alpha value is -1.72. The Kier molecular flexibility index (Phi) is 3.55. The molecule has 6 heteroatoms. The molecule has 0 saturated carbocycles. The van der Waals surface area contributed by atoms with E-state index in [1.165, 1.54) is 18.2 Å². The van der Waals surface area contributed by atoms with E-state index in [0.717, 1.165) is 5.56 Å². The normalized spacial score (nSPS) is 13.0. The molecule has 0 atom stereocenters. The number of amides is 1. The van der Waals surface area contributed by atoms with Crippen LogP contribution in [-0.4, -0.2) is 11.7 Å². The third-order valence-corrected chi connectivity index (χ3v) is 4.16. The van der Waals surface area contributed by atoms with E-state index >= 15 is 0 Å². The van der Waals surface area contributed by atoms with E-state index in [1.54, 1.807) is 12.1 Å².